The Labute approximate surface area is 156 Å². The van der Waals surface area contributed by atoms with Gasteiger partial charge in [-0.25, -0.2) is 14.8 Å². The van der Waals surface area contributed by atoms with Crippen LogP contribution in [0.2, 0.25) is 0 Å². The lowest BCUT2D eigenvalue weighted by Gasteiger charge is -2.09. The van der Waals surface area contributed by atoms with Crippen molar-refractivity contribution in [2.45, 2.75) is 38.3 Å². The third kappa shape index (κ3) is 4.70. The highest BCUT2D eigenvalue weighted by atomic mass is 32.2. The third-order valence-electron chi connectivity index (χ3n) is 3.58. The Bertz CT molecular complexity index is 904. The molecule has 0 aliphatic heterocycles. The van der Waals surface area contributed by atoms with Crippen LogP contribution in [-0.4, -0.2) is 21.1 Å². The number of esters is 1. The molecule has 0 fully saturated rings. The van der Waals surface area contributed by atoms with Crippen LogP contribution in [-0.2, 0) is 17.1 Å². The molecule has 0 saturated heterocycles. The normalized spacial score (nSPS) is 10.7. The van der Waals surface area contributed by atoms with Crippen LogP contribution in [0.4, 0.5) is 0 Å². The summed E-state index contributed by atoms with van der Waals surface area (Å²) in [6.07, 6.45) is 0. The molecule has 2 heterocycles. The van der Waals surface area contributed by atoms with Crippen molar-refractivity contribution in [3.63, 3.8) is 0 Å². The first-order valence-electron chi connectivity index (χ1n) is 8.13. The number of rotatable bonds is 6. The van der Waals surface area contributed by atoms with Gasteiger partial charge in [0.2, 0.25) is 0 Å². The number of aryl methyl sites for hydroxylation is 3. The fourth-order valence-corrected chi connectivity index (χ4v) is 3.40. The van der Waals surface area contributed by atoms with E-state index in [4.69, 9.17) is 9.26 Å². The fourth-order valence-electron chi connectivity index (χ4n) is 2.45. The molecular weight excluding hydrogens is 350 g/mol. The van der Waals surface area contributed by atoms with Gasteiger partial charge in [0.15, 0.2) is 5.16 Å². The van der Waals surface area contributed by atoms with Crippen molar-refractivity contribution in [1.82, 2.24) is 15.1 Å². The zero-order valence-electron chi connectivity index (χ0n) is 14.9. The number of aromatic nitrogens is 3. The molecule has 0 unspecified atom stereocenters. The van der Waals surface area contributed by atoms with E-state index < -0.39 is 0 Å². The maximum Gasteiger partial charge on any atom is 0.338 e. The van der Waals surface area contributed by atoms with Crippen LogP contribution in [0.3, 0.4) is 0 Å². The SMILES string of the molecule is Cc1cc(C)nc(SCc2ccccc2C(=O)OCc2cc(C)on2)n1. The molecule has 0 amide bonds. The molecule has 0 spiro atoms. The van der Waals surface area contributed by atoms with E-state index >= 15 is 0 Å². The lowest BCUT2D eigenvalue weighted by Crippen LogP contribution is -2.08. The van der Waals surface area contributed by atoms with Gasteiger partial charge in [0, 0.05) is 23.2 Å². The highest BCUT2D eigenvalue weighted by molar-refractivity contribution is 7.98. The summed E-state index contributed by atoms with van der Waals surface area (Å²) in [5, 5.41) is 4.52. The lowest BCUT2D eigenvalue weighted by atomic mass is 10.1. The lowest BCUT2D eigenvalue weighted by molar-refractivity contribution is 0.0463. The zero-order chi connectivity index (χ0) is 18.5. The molecular formula is C19H19N3O3S. The van der Waals surface area contributed by atoms with E-state index in [2.05, 4.69) is 15.1 Å². The molecule has 3 rings (SSSR count). The minimum Gasteiger partial charge on any atom is -0.455 e. The van der Waals surface area contributed by atoms with E-state index in [1.54, 1.807) is 19.1 Å². The average molecular weight is 369 g/mol. The Kier molecular flexibility index (Phi) is 5.68. The molecule has 0 aliphatic rings. The fraction of sp³-hybridized carbons (Fsp3) is 0.263. The predicted octanol–water partition coefficient (Wildman–Crippen LogP) is 4.04. The number of thioether (sulfide) groups is 1. The van der Waals surface area contributed by atoms with Crippen LogP contribution in [0.15, 0.2) is 46.1 Å². The number of carbonyl (C=O) groups is 1. The predicted molar refractivity (Wildman–Crippen MR) is 97.9 cm³/mol. The van der Waals surface area contributed by atoms with Crippen molar-refractivity contribution >= 4 is 17.7 Å². The summed E-state index contributed by atoms with van der Waals surface area (Å²) in [4.78, 5) is 21.3. The summed E-state index contributed by atoms with van der Waals surface area (Å²) < 4.78 is 10.3. The largest absolute Gasteiger partial charge is 0.455 e. The first kappa shape index (κ1) is 18.1. The van der Waals surface area contributed by atoms with Gasteiger partial charge in [-0.3, -0.25) is 0 Å². The van der Waals surface area contributed by atoms with Crippen molar-refractivity contribution in [2.24, 2.45) is 0 Å². The minimum atomic E-state index is -0.386. The number of nitrogens with zero attached hydrogens (tertiary/aromatic N) is 3. The van der Waals surface area contributed by atoms with Crippen molar-refractivity contribution in [3.05, 3.63) is 70.4 Å². The van der Waals surface area contributed by atoms with Crippen molar-refractivity contribution in [3.8, 4) is 0 Å². The molecule has 0 radical (unpaired) electrons. The molecule has 0 aliphatic carbocycles. The second kappa shape index (κ2) is 8.14. The van der Waals surface area contributed by atoms with Gasteiger partial charge in [-0.2, -0.15) is 0 Å². The molecule has 0 bridgehead atoms. The molecule has 0 N–H and O–H groups in total. The van der Waals surface area contributed by atoms with E-state index in [0.29, 0.717) is 27.9 Å². The maximum absolute atomic E-state index is 12.4. The number of carbonyl (C=O) groups excluding carboxylic acids is 1. The van der Waals surface area contributed by atoms with Crippen LogP contribution in [0.1, 0.15) is 38.8 Å². The van der Waals surface area contributed by atoms with Crippen LogP contribution < -0.4 is 0 Å². The molecule has 26 heavy (non-hydrogen) atoms. The van der Waals surface area contributed by atoms with Gasteiger partial charge in [0.25, 0.3) is 0 Å². The van der Waals surface area contributed by atoms with Gasteiger partial charge < -0.3 is 9.26 Å². The third-order valence-corrected chi connectivity index (χ3v) is 4.48. The Morgan fingerprint density at radius 2 is 1.85 bits per heavy atom. The first-order valence-corrected chi connectivity index (χ1v) is 9.12. The van der Waals surface area contributed by atoms with Gasteiger partial charge in [-0.1, -0.05) is 35.1 Å². The maximum atomic E-state index is 12.4. The highest BCUT2D eigenvalue weighted by Gasteiger charge is 2.14. The Morgan fingerprint density at radius 1 is 1.12 bits per heavy atom. The van der Waals surface area contributed by atoms with Crippen LogP contribution >= 0.6 is 11.8 Å². The molecule has 0 saturated carbocycles. The first-order chi connectivity index (χ1) is 12.5. The van der Waals surface area contributed by atoms with E-state index in [1.807, 2.05) is 38.1 Å². The van der Waals surface area contributed by atoms with Crippen LogP contribution in [0.5, 0.6) is 0 Å². The second-order valence-electron chi connectivity index (χ2n) is 5.88. The molecule has 1 aromatic carbocycles. The van der Waals surface area contributed by atoms with E-state index in [0.717, 1.165) is 17.0 Å². The molecule has 2 aromatic heterocycles. The number of benzene rings is 1. The topological polar surface area (TPSA) is 78.1 Å². The van der Waals surface area contributed by atoms with E-state index in [1.165, 1.54) is 11.8 Å². The van der Waals surface area contributed by atoms with Gasteiger partial charge in [0.1, 0.15) is 18.1 Å². The quantitative estimate of drug-likeness (QED) is 0.368. The van der Waals surface area contributed by atoms with Crippen molar-refractivity contribution in [2.75, 3.05) is 0 Å². The highest BCUT2D eigenvalue weighted by Crippen LogP contribution is 2.23. The van der Waals surface area contributed by atoms with Crippen LogP contribution in [0.25, 0.3) is 0 Å². The van der Waals surface area contributed by atoms with Gasteiger partial charge in [0.05, 0.1) is 5.56 Å². The van der Waals surface area contributed by atoms with E-state index in [-0.39, 0.29) is 12.6 Å². The Morgan fingerprint density at radius 3 is 2.54 bits per heavy atom. The monoisotopic (exact) mass is 369 g/mol. The minimum absolute atomic E-state index is 0.0812. The van der Waals surface area contributed by atoms with E-state index in [9.17, 15) is 4.79 Å². The Balaban J connectivity index is 1.67. The second-order valence-corrected chi connectivity index (χ2v) is 6.83. The number of hydrogen-bond donors (Lipinski definition) is 0. The number of ether oxygens (including phenoxy) is 1. The number of hydrogen-bond acceptors (Lipinski definition) is 7. The summed E-state index contributed by atoms with van der Waals surface area (Å²) in [5.41, 5.74) is 3.85. The van der Waals surface area contributed by atoms with Gasteiger partial charge in [-0.15, -0.1) is 0 Å². The van der Waals surface area contributed by atoms with Gasteiger partial charge >= 0.3 is 5.97 Å². The average Bonchev–Trinajstić information content (AvgIpc) is 3.03. The van der Waals surface area contributed by atoms with Crippen molar-refractivity contribution in [1.29, 1.82) is 0 Å². The summed E-state index contributed by atoms with van der Waals surface area (Å²) in [7, 11) is 0. The smallest absolute Gasteiger partial charge is 0.338 e. The molecule has 7 heteroatoms. The Hall–Kier alpha value is -2.67. The van der Waals surface area contributed by atoms with Crippen molar-refractivity contribution < 1.29 is 14.1 Å². The standard InChI is InChI=1S/C19H19N3O3S/c1-12-8-13(2)21-19(20-12)26-11-15-6-4-5-7-17(15)18(23)24-10-16-9-14(3)25-22-16/h4-9H,10-11H2,1-3H3. The summed E-state index contributed by atoms with van der Waals surface area (Å²) in [6.45, 7) is 5.75. The summed E-state index contributed by atoms with van der Waals surface area (Å²) in [5.74, 6) is 0.876. The summed E-state index contributed by atoms with van der Waals surface area (Å²) in [6, 6.07) is 11.1. The molecule has 6 nitrogen and oxygen atoms in total. The molecule has 134 valence electrons. The van der Waals surface area contributed by atoms with Crippen LogP contribution in [0, 0.1) is 20.8 Å². The van der Waals surface area contributed by atoms with Gasteiger partial charge in [-0.05, 0) is 38.5 Å². The molecule has 3 aromatic rings. The summed E-state index contributed by atoms with van der Waals surface area (Å²) >= 11 is 1.49. The molecule has 0 atom stereocenters. The zero-order valence-corrected chi connectivity index (χ0v) is 15.7.